The van der Waals surface area contributed by atoms with Gasteiger partial charge in [0.2, 0.25) is 0 Å². The molecule has 1 fully saturated rings. The van der Waals surface area contributed by atoms with Crippen LogP contribution < -0.4 is 10.6 Å². The standard InChI is InChI=1S/C15H23N3S/c1-9-5-10(2)12(4)18(8-9)14-7-13(15(16)19)6-11(3)17-14/h6-7,9-10,12H,5,8H2,1-4H3,(H2,16,19). The number of nitrogens with two attached hydrogens (primary N) is 1. The average molecular weight is 277 g/mol. The van der Waals surface area contributed by atoms with E-state index in [1.807, 2.05) is 19.1 Å². The van der Waals surface area contributed by atoms with Crippen LogP contribution >= 0.6 is 12.2 Å². The lowest BCUT2D eigenvalue weighted by molar-refractivity contribution is 0.295. The van der Waals surface area contributed by atoms with Crippen LogP contribution in [0.15, 0.2) is 12.1 Å². The molecule has 0 amide bonds. The van der Waals surface area contributed by atoms with Gasteiger partial charge < -0.3 is 10.6 Å². The number of aryl methyl sites for hydroxylation is 1. The van der Waals surface area contributed by atoms with Gasteiger partial charge >= 0.3 is 0 Å². The molecule has 0 spiro atoms. The molecule has 0 radical (unpaired) electrons. The van der Waals surface area contributed by atoms with Gasteiger partial charge in [0.25, 0.3) is 0 Å². The largest absolute Gasteiger partial charge is 0.389 e. The average Bonchev–Trinajstić information content (AvgIpc) is 2.32. The van der Waals surface area contributed by atoms with Gasteiger partial charge in [-0.05, 0) is 44.2 Å². The lowest BCUT2D eigenvalue weighted by Gasteiger charge is -2.42. The van der Waals surface area contributed by atoms with Crippen LogP contribution in [0.3, 0.4) is 0 Å². The molecule has 1 aliphatic heterocycles. The summed E-state index contributed by atoms with van der Waals surface area (Å²) in [7, 11) is 0. The Kier molecular flexibility index (Phi) is 4.09. The fourth-order valence-corrected chi connectivity index (χ4v) is 3.08. The Morgan fingerprint density at radius 1 is 1.37 bits per heavy atom. The van der Waals surface area contributed by atoms with Crippen molar-refractivity contribution >= 4 is 23.0 Å². The molecule has 3 atom stereocenters. The number of piperidine rings is 1. The molecule has 0 bridgehead atoms. The molecule has 4 heteroatoms. The quantitative estimate of drug-likeness (QED) is 0.844. The van der Waals surface area contributed by atoms with Crippen molar-refractivity contribution in [3.8, 4) is 0 Å². The molecule has 0 aliphatic carbocycles. The Balaban J connectivity index is 2.37. The Morgan fingerprint density at radius 3 is 2.68 bits per heavy atom. The molecule has 1 aromatic rings. The number of thiocarbonyl (C=S) groups is 1. The predicted molar refractivity (Wildman–Crippen MR) is 84.6 cm³/mol. The van der Waals surface area contributed by atoms with Crippen LogP contribution in [-0.2, 0) is 0 Å². The fourth-order valence-electron chi connectivity index (χ4n) is 2.96. The second kappa shape index (κ2) is 5.45. The predicted octanol–water partition coefficient (Wildman–Crippen LogP) is 2.90. The van der Waals surface area contributed by atoms with Crippen molar-refractivity contribution in [1.29, 1.82) is 0 Å². The molecule has 0 saturated carbocycles. The van der Waals surface area contributed by atoms with Crippen LogP contribution in [0.5, 0.6) is 0 Å². The SMILES string of the molecule is Cc1cc(C(N)=S)cc(N2CC(C)CC(C)C2C)n1. The van der Waals surface area contributed by atoms with Crippen LogP contribution in [0.2, 0.25) is 0 Å². The highest BCUT2D eigenvalue weighted by atomic mass is 32.1. The first-order valence-electron chi connectivity index (χ1n) is 6.93. The maximum absolute atomic E-state index is 5.76. The van der Waals surface area contributed by atoms with Gasteiger partial charge in [0.1, 0.15) is 10.8 Å². The first-order valence-corrected chi connectivity index (χ1v) is 7.34. The Bertz CT molecular complexity index is 486. The van der Waals surface area contributed by atoms with E-state index in [4.69, 9.17) is 18.0 Å². The summed E-state index contributed by atoms with van der Waals surface area (Å²) in [4.78, 5) is 7.51. The van der Waals surface area contributed by atoms with Crippen molar-refractivity contribution in [2.24, 2.45) is 17.6 Å². The number of nitrogens with zero attached hydrogens (tertiary/aromatic N) is 2. The minimum Gasteiger partial charge on any atom is -0.389 e. The van der Waals surface area contributed by atoms with Crippen molar-refractivity contribution in [1.82, 2.24) is 4.98 Å². The van der Waals surface area contributed by atoms with Gasteiger partial charge in [-0.2, -0.15) is 0 Å². The molecule has 2 N–H and O–H groups in total. The number of hydrogen-bond donors (Lipinski definition) is 1. The van der Waals surface area contributed by atoms with Crippen molar-refractivity contribution in [2.75, 3.05) is 11.4 Å². The highest BCUT2D eigenvalue weighted by Crippen LogP contribution is 2.30. The van der Waals surface area contributed by atoms with E-state index in [1.165, 1.54) is 6.42 Å². The van der Waals surface area contributed by atoms with Crippen LogP contribution in [-0.4, -0.2) is 22.6 Å². The van der Waals surface area contributed by atoms with Crippen molar-refractivity contribution < 1.29 is 0 Å². The molecule has 1 aliphatic rings. The van der Waals surface area contributed by atoms with Crippen LogP contribution in [0.1, 0.15) is 38.4 Å². The Morgan fingerprint density at radius 2 is 2.05 bits per heavy atom. The molecule has 3 unspecified atom stereocenters. The van der Waals surface area contributed by atoms with E-state index in [0.29, 0.717) is 22.9 Å². The van der Waals surface area contributed by atoms with Gasteiger partial charge in [-0.3, -0.25) is 0 Å². The summed E-state index contributed by atoms with van der Waals surface area (Å²) in [6, 6.07) is 4.48. The van der Waals surface area contributed by atoms with E-state index >= 15 is 0 Å². The second-order valence-corrected chi connectivity index (χ2v) is 6.37. The third-order valence-corrected chi connectivity index (χ3v) is 4.35. The summed E-state index contributed by atoms with van der Waals surface area (Å²) in [6.07, 6.45) is 1.28. The molecular weight excluding hydrogens is 254 g/mol. The normalized spacial score (nSPS) is 27.4. The molecule has 3 nitrogen and oxygen atoms in total. The lowest BCUT2D eigenvalue weighted by Crippen LogP contribution is -2.46. The van der Waals surface area contributed by atoms with Gasteiger partial charge in [-0.25, -0.2) is 4.98 Å². The van der Waals surface area contributed by atoms with Gasteiger partial charge in [-0.1, -0.05) is 26.1 Å². The number of hydrogen-bond acceptors (Lipinski definition) is 3. The maximum Gasteiger partial charge on any atom is 0.129 e. The molecule has 2 heterocycles. The molecule has 1 saturated heterocycles. The minimum atomic E-state index is 0.442. The summed E-state index contributed by atoms with van der Waals surface area (Å²) in [6.45, 7) is 9.95. The zero-order chi connectivity index (χ0) is 14.2. The number of aromatic nitrogens is 1. The third-order valence-electron chi connectivity index (χ3n) is 4.12. The van der Waals surface area contributed by atoms with Crippen LogP contribution in [0.25, 0.3) is 0 Å². The van der Waals surface area contributed by atoms with Crippen LogP contribution in [0, 0.1) is 18.8 Å². The van der Waals surface area contributed by atoms with Crippen molar-refractivity contribution in [3.63, 3.8) is 0 Å². The highest BCUT2D eigenvalue weighted by Gasteiger charge is 2.29. The highest BCUT2D eigenvalue weighted by molar-refractivity contribution is 7.80. The van der Waals surface area contributed by atoms with E-state index in [1.54, 1.807) is 0 Å². The molecule has 1 aromatic heterocycles. The first-order chi connectivity index (χ1) is 8.88. The molecular formula is C15H23N3S. The Hall–Kier alpha value is -1.16. The fraction of sp³-hybridized carbons (Fsp3) is 0.600. The Labute approximate surface area is 121 Å². The van der Waals surface area contributed by atoms with E-state index < -0.39 is 0 Å². The molecule has 19 heavy (non-hydrogen) atoms. The number of pyridine rings is 1. The first kappa shape index (κ1) is 14.3. The van der Waals surface area contributed by atoms with Gasteiger partial charge in [0.15, 0.2) is 0 Å². The van der Waals surface area contributed by atoms with E-state index in [2.05, 4.69) is 30.7 Å². The minimum absolute atomic E-state index is 0.442. The summed E-state index contributed by atoms with van der Waals surface area (Å²) in [5, 5.41) is 0. The van der Waals surface area contributed by atoms with Crippen molar-refractivity contribution in [2.45, 2.75) is 40.2 Å². The van der Waals surface area contributed by atoms with Gasteiger partial charge in [0, 0.05) is 23.8 Å². The van der Waals surface area contributed by atoms with E-state index in [0.717, 1.165) is 23.6 Å². The topological polar surface area (TPSA) is 42.1 Å². The number of rotatable bonds is 2. The summed E-state index contributed by atoms with van der Waals surface area (Å²) in [5.41, 5.74) is 7.64. The van der Waals surface area contributed by atoms with Crippen LogP contribution in [0.4, 0.5) is 5.82 Å². The van der Waals surface area contributed by atoms with Gasteiger partial charge in [0.05, 0.1) is 0 Å². The second-order valence-electron chi connectivity index (χ2n) is 5.93. The summed E-state index contributed by atoms with van der Waals surface area (Å²) >= 11 is 5.09. The lowest BCUT2D eigenvalue weighted by atomic mass is 9.86. The maximum atomic E-state index is 5.76. The molecule has 104 valence electrons. The monoisotopic (exact) mass is 277 g/mol. The number of anilines is 1. The molecule has 2 rings (SSSR count). The van der Waals surface area contributed by atoms with Crippen molar-refractivity contribution in [3.05, 3.63) is 23.4 Å². The van der Waals surface area contributed by atoms with E-state index in [-0.39, 0.29) is 0 Å². The van der Waals surface area contributed by atoms with Gasteiger partial charge in [-0.15, -0.1) is 0 Å². The third kappa shape index (κ3) is 3.06. The zero-order valence-corrected chi connectivity index (χ0v) is 13.0. The molecule has 0 aromatic carbocycles. The summed E-state index contributed by atoms with van der Waals surface area (Å²) < 4.78 is 0. The summed E-state index contributed by atoms with van der Waals surface area (Å²) in [5.74, 6) is 2.38. The van der Waals surface area contributed by atoms with E-state index in [9.17, 15) is 0 Å². The zero-order valence-electron chi connectivity index (χ0n) is 12.2. The smallest absolute Gasteiger partial charge is 0.129 e.